The Morgan fingerprint density at radius 3 is 2.46 bits per heavy atom. The molecule has 41 heavy (non-hydrogen) atoms. The van der Waals surface area contributed by atoms with E-state index in [4.69, 9.17) is 10.6 Å². The Morgan fingerprint density at radius 2 is 1.90 bits per heavy atom. The van der Waals surface area contributed by atoms with Crippen LogP contribution in [0, 0.1) is 17.3 Å². The minimum Gasteiger partial charge on any atom is -0.508 e. The third-order valence-electron chi connectivity index (χ3n) is 8.50. The Labute approximate surface area is 239 Å². The van der Waals surface area contributed by atoms with Crippen LogP contribution in [0.4, 0.5) is 0 Å². The minimum absolute atomic E-state index is 0.0146. The third-order valence-corrected chi connectivity index (χ3v) is 8.50. The molecule has 4 rings (SSSR count). The largest absolute Gasteiger partial charge is 0.508 e. The van der Waals surface area contributed by atoms with E-state index in [9.17, 15) is 34.8 Å². The number of nitrogens with two attached hydrogens (primary N) is 1. The van der Waals surface area contributed by atoms with Gasteiger partial charge >= 0.3 is 0 Å². The number of rotatable bonds is 7. The Hall–Kier alpha value is -3.70. The summed E-state index contributed by atoms with van der Waals surface area (Å²) in [4.78, 5) is 45.8. The molecule has 3 aliphatic rings. The maximum Gasteiger partial charge on any atom is 0.255 e. The van der Waals surface area contributed by atoms with Crippen LogP contribution in [0.2, 0.25) is 0 Å². The summed E-state index contributed by atoms with van der Waals surface area (Å²) in [6.07, 6.45) is 3.80. The van der Waals surface area contributed by atoms with Gasteiger partial charge in [-0.15, -0.1) is 0 Å². The zero-order valence-electron chi connectivity index (χ0n) is 24.3. The molecule has 0 heterocycles. The van der Waals surface area contributed by atoms with Crippen LogP contribution in [0.25, 0.3) is 5.76 Å². The van der Waals surface area contributed by atoms with Crippen molar-refractivity contribution in [2.24, 2.45) is 28.1 Å². The van der Waals surface area contributed by atoms with Crippen molar-refractivity contribution < 1.29 is 39.6 Å². The van der Waals surface area contributed by atoms with Gasteiger partial charge in [-0.2, -0.15) is 0 Å². The van der Waals surface area contributed by atoms with Crippen LogP contribution in [-0.4, -0.2) is 81.9 Å². The molecule has 11 nitrogen and oxygen atoms in total. The van der Waals surface area contributed by atoms with E-state index in [1.165, 1.54) is 18.2 Å². The van der Waals surface area contributed by atoms with Gasteiger partial charge in [0.2, 0.25) is 5.78 Å². The average Bonchev–Trinajstić information content (AvgIpc) is 2.85. The van der Waals surface area contributed by atoms with E-state index in [1.54, 1.807) is 20.2 Å². The van der Waals surface area contributed by atoms with E-state index in [1.807, 2.05) is 0 Å². The molecular weight excluding hydrogens is 530 g/mol. The number of carbonyl (C=O) groups is 3. The number of hydrogen-bond donors (Lipinski definition) is 5. The third kappa shape index (κ3) is 4.91. The Morgan fingerprint density at radius 1 is 1.24 bits per heavy atom. The number of fused-ring (bicyclic) bond motifs is 3. The quantitative estimate of drug-likeness (QED) is 0.187. The second kappa shape index (κ2) is 10.6. The molecule has 1 aromatic carbocycles. The number of phenols is 1. The number of ketones is 2. The van der Waals surface area contributed by atoms with Crippen LogP contribution < -0.4 is 5.73 Å². The molecule has 0 bridgehead atoms. The van der Waals surface area contributed by atoms with Crippen molar-refractivity contribution in [1.29, 1.82) is 0 Å². The average molecular weight is 570 g/mol. The second-order valence-corrected chi connectivity index (χ2v) is 12.6. The van der Waals surface area contributed by atoms with E-state index in [0.717, 1.165) is 12.8 Å². The zero-order valence-corrected chi connectivity index (χ0v) is 24.3. The predicted octanol–water partition coefficient (Wildman–Crippen LogP) is 2.31. The molecule has 0 unspecified atom stereocenters. The molecule has 4 atom stereocenters. The van der Waals surface area contributed by atoms with Gasteiger partial charge in [0, 0.05) is 17.1 Å². The molecule has 0 aromatic heterocycles. The van der Waals surface area contributed by atoms with Crippen LogP contribution in [0.5, 0.6) is 5.75 Å². The molecule has 0 aliphatic heterocycles. The normalized spacial score (nSPS) is 26.4. The number of likely N-dealkylation sites (N-methyl/N-ethyl adjacent to an activating group) is 1. The highest BCUT2D eigenvalue weighted by atomic mass is 16.6. The number of Topliss-reactive ketones (excluding diaryl/α,β-unsaturated/α-hetero) is 2. The smallest absolute Gasteiger partial charge is 0.255 e. The molecule has 1 amide bonds. The summed E-state index contributed by atoms with van der Waals surface area (Å²) in [7, 11) is 4.52. The Balaban J connectivity index is 1.92. The first-order chi connectivity index (χ1) is 19.1. The number of oxime groups is 1. The summed E-state index contributed by atoms with van der Waals surface area (Å²) < 4.78 is 0. The second-order valence-electron chi connectivity index (χ2n) is 12.6. The summed E-state index contributed by atoms with van der Waals surface area (Å²) in [5, 5.41) is 49.6. The number of hydrogen-bond acceptors (Lipinski definition) is 10. The number of nitrogens with zero attached hydrogens (tertiary/aromatic N) is 2. The van der Waals surface area contributed by atoms with Crippen LogP contribution in [0.1, 0.15) is 62.3 Å². The lowest BCUT2D eigenvalue weighted by Gasteiger charge is -2.50. The van der Waals surface area contributed by atoms with Crippen LogP contribution in [-0.2, 0) is 32.1 Å². The summed E-state index contributed by atoms with van der Waals surface area (Å²) in [5.74, 6) is -6.72. The molecule has 11 heteroatoms. The molecule has 6 N–H and O–H groups in total. The summed E-state index contributed by atoms with van der Waals surface area (Å²) in [5.41, 5.74) is 3.48. The van der Waals surface area contributed by atoms with E-state index >= 15 is 0 Å². The maximum absolute atomic E-state index is 14.1. The standard InChI is InChI=1S/C30H39N3O8/c1-29(2,3)9-7-8-14-10-16(13-32-41-6)17-11-15-12-18-22(33(4)5)25(36)21(28(31)39)27(38)30(18,40)26(37)19(15)24(35)20(17)23(14)34/h10,13,15,18,22,34-35,38,40H,7-9,11-12H2,1-6H3,(H2,31,39)/b32-13+/t15-,18-,22-,30-/m0/s1. The predicted molar refractivity (Wildman–Crippen MR) is 151 cm³/mol. The highest BCUT2D eigenvalue weighted by Crippen LogP contribution is 2.53. The van der Waals surface area contributed by atoms with E-state index in [2.05, 4.69) is 25.9 Å². The SMILES string of the molecule is CO/N=C/c1cc(CCCC(C)(C)C)c(O)c2c1C[C@H]1C[C@H]3[C@H](N(C)C)C(=O)C(C(N)=O)=C(O)[C@@]3(O)C(=O)C1=C2O. The number of benzene rings is 1. The molecule has 3 aliphatic carbocycles. The number of phenolic OH excluding ortho intramolecular Hbond substituents is 1. The van der Waals surface area contributed by atoms with Crippen molar-refractivity contribution in [1.82, 2.24) is 4.90 Å². The first kappa shape index (κ1) is 30.3. The number of amides is 1. The number of aliphatic hydroxyl groups is 3. The van der Waals surface area contributed by atoms with Crippen LogP contribution >= 0.6 is 0 Å². The van der Waals surface area contributed by atoms with E-state index in [-0.39, 0.29) is 35.1 Å². The molecule has 1 saturated carbocycles. The lowest BCUT2D eigenvalue weighted by Crippen LogP contribution is -2.65. The minimum atomic E-state index is -2.68. The number of aliphatic hydroxyl groups excluding tert-OH is 2. The molecule has 0 spiro atoms. The number of carbonyl (C=O) groups excluding carboxylic acids is 3. The monoisotopic (exact) mass is 569 g/mol. The van der Waals surface area contributed by atoms with Crippen molar-refractivity contribution in [3.8, 4) is 5.75 Å². The maximum atomic E-state index is 14.1. The van der Waals surface area contributed by atoms with Crippen molar-refractivity contribution >= 4 is 29.4 Å². The molecule has 0 saturated heterocycles. The van der Waals surface area contributed by atoms with Gasteiger partial charge in [0.15, 0.2) is 11.4 Å². The van der Waals surface area contributed by atoms with Gasteiger partial charge < -0.3 is 31.0 Å². The van der Waals surface area contributed by atoms with Crippen molar-refractivity contribution in [3.05, 3.63) is 45.2 Å². The molecular formula is C30H39N3O8. The number of primary amides is 1. The fourth-order valence-corrected chi connectivity index (χ4v) is 6.62. The fourth-order valence-electron chi connectivity index (χ4n) is 6.62. The van der Waals surface area contributed by atoms with Crippen molar-refractivity contribution in [3.63, 3.8) is 0 Å². The molecule has 1 aromatic rings. The first-order valence-electron chi connectivity index (χ1n) is 13.6. The number of aromatic hydroxyl groups is 1. The van der Waals surface area contributed by atoms with E-state index in [0.29, 0.717) is 23.1 Å². The van der Waals surface area contributed by atoms with Gasteiger partial charge in [-0.25, -0.2) is 0 Å². The molecule has 222 valence electrons. The topological polar surface area (TPSA) is 183 Å². The zero-order chi connectivity index (χ0) is 30.6. The van der Waals surface area contributed by atoms with Gasteiger partial charge in [0.25, 0.3) is 5.91 Å². The Bertz CT molecular complexity index is 1400. The highest BCUT2D eigenvalue weighted by Gasteiger charge is 2.64. The highest BCUT2D eigenvalue weighted by molar-refractivity contribution is 6.24. The number of aryl methyl sites for hydroxylation is 1. The summed E-state index contributed by atoms with van der Waals surface area (Å²) in [6, 6.07) is 0.652. The lowest BCUT2D eigenvalue weighted by molar-refractivity contribution is -0.153. The molecule has 0 radical (unpaired) electrons. The van der Waals surface area contributed by atoms with Crippen molar-refractivity contribution in [2.75, 3.05) is 21.2 Å². The van der Waals surface area contributed by atoms with Gasteiger partial charge in [0.1, 0.15) is 30.0 Å². The van der Waals surface area contributed by atoms with Crippen LogP contribution in [0.15, 0.2) is 28.1 Å². The van der Waals surface area contributed by atoms with Gasteiger partial charge in [-0.3, -0.25) is 19.3 Å². The summed E-state index contributed by atoms with van der Waals surface area (Å²) >= 11 is 0. The van der Waals surface area contributed by atoms with Gasteiger partial charge in [-0.1, -0.05) is 25.9 Å². The molecule has 1 fully saturated rings. The van der Waals surface area contributed by atoms with Gasteiger partial charge in [0.05, 0.1) is 17.8 Å². The lowest BCUT2D eigenvalue weighted by atomic mass is 9.57. The Kier molecular flexibility index (Phi) is 7.83. The fraction of sp³-hybridized carbons (Fsp3) is 0.533. The van der Waals surface area contributed by atoms with Crippen molar-refractivity contribution in [2.45, 2.75) is 64.5 Å². The first-order valence-corrected chi connectivity index (χ1v) is 13.6. The van der Waals surface area contributed by atoms with Crippen LogP contribution in [0.3, 0.4) is 0 Å². The van der Waals surface area contributed by atoms with E-state index < -0.39 is 58.0 Å². The summed E-state index contributed by atoms with van der Waals surface area (Å²) in [6.45, 7) is 6.35. The van der Waals surface area contributed by atoms with Gasteiger partial charge in [-0.05, 0) is 74.7 Å².